The summed E-state index contributed by atoms with van der Waals surface area (Å²) in [6.07, 6.45) is 2.69. The Balaban J connectivity index is 2.40. The number of hydrogen-bond acceptors (Lipinski definition) is 3. The predicted octanol–water partition coefficient (Wildman–Crippen LogP) is 3.14. The number of rotatable bonds is 9. The topological polar surface area (TPSA) is 49.8 Å². The van der Waals surface area contributed by atoms with E-state index in [1.165, 1.54) is 0 Å². The van der Waals surface area contributed by atoms with Gasteiger partial charge < -0.3 is 9.84 Å². The van der Waals surface area contributed by atoms with Crippen LogP contribution in [0.3, 0.4) is 0 Å². The Morgan fingerprint density at radius 1 is 1.33 bits per heavy atom. The molecule has 0 aromatic heterocycles. The molecule has 4 heteroatoms. The number of carboxylic acids is 1. The molecular formula is C17H25NO3. The molecule has 1 aromatic rings. The summed E-state index contributed by atoms with van der Waals surface area (Å²) >= 11 is 0. The highest BCUT2D eigenvalue weighted by Gasteiger charge is 2.05. The number of aliphatic carboxylic acids is 1. The molecule has 116 valence electrons. The number of benzene rings is 1. The lowest BCUT2D eigenvalue weighted by atomic mass is 10.2. The summed E-state index contributed by atoms with van der Waals surface area (Å²) in [5.74, 6) is 0.522. The molecule has 0 spiro atoms. The molecule has 1 rings (SSSR count). The third-order valence-corrected chi connectivity index (χ3v) is 3.05. The molecule has 0 saturated heterocycles. The molecule has 4 nitrogen and oxygen atoms in total. The van der Waals surface area contributed by atoms with Gasteiger partial charge in [-0.3, -0.25) is 4.90 Å². The second kappa shape index (κ2) is 9.19. The number of carboxylic acid groups (broad SMARTS) is 1. The molecule has 0 unspecified atom stereocenters. The third-order valence-electron chi connectivity index (χ3n) is 3.05. The monoisotopic (exact) mass is 291 g/mol. The predicted molar refractivity (Wildman–Crippen MR) is 85.6 cm³/mol. The van der Waals surface area contributed by atoms with Gasteiger partial charge in [-0.15, -0.1) is 0 Å². The summed E-state index contributed by atoms with van der Waals surface area (Å²) < 4.78 is 5.72. The summed E-state index contributed by atoms with van der Waals surface area (Å²) in [6.45, 7) is 10.3. The summed E-state index contributed by atoms with van der Waals surface area (Å²) in [7, 11) is 0. The zero-order valence-electron chi connectivity index (χ0n) is 13.1. The second-order valence-electron chi connectivity index (χ2n) is 5.38. The maximum Gasteiger partial charge on any atom is 0.328 e. The zero-order chi connectivity index (χ0) is 15.7. The van der Waals surface area contributed by atoms with E-state index in [2.05, 4.69) is 25.7 Å². The van der Waals surface area contributed by atoms with Crippen molar-refractivity contribution < 1.29 is 14.6 Å². The number of hydrogen-bond donors (Lipinski definition) is 1. The average Bonchev–Trinajstić information content (AvgIpc) is 2.44. The molecule has 0 aliphatic rings. The van der Waals surface area contributed by atoms with E-state index in [1.807, 2.05) is 24.3 Å². The maximum absolute atomic E-state index is 10.4. The highest BCUT2D eigenvalue weighted by atomic mass is 16.5. The minimum absolute atomic E-state index is 0.658. The second-order valence-corrected chi connectivity index (χ2v) is 5.38. The highest BCUT2D eigenvalue weighted by molar-refractivity contribution is 5.85. The van der Waals surface area contributed by atoms with Crippen molar-refractivity contribution in [3.8, 4) is 5.75 Å². The smallest absolute Gasteiger partial charge is 0.328 e. The number of ether oxygens (including phenoxy) is 1. The highest BCUT2D eigenvalue weighted by Crippen LogP contribution is 2.13. The van der Waals surface area contributed by atoms with E-state index in [4.69, 9.17) is 9.84 Å². The van der Waals surface area contributed by atoms with Gasteiger partial charge in [-0.2, -0.15) is 0 Å². The van der Waals surface area contributed by atoms with Crippen molar-refractivity contribution in [1.29, 1.82) is 0 Å². The first kappa shape index (κ1) is 17.2. The van der Waals surface area contributed by atoms with E-state index in [-0.39, 0.29) is 0 Å². The number of likely N-dealkylation sites (N-methyl/N-ethyl adjacent to an activating group) is 1. The van der Waals surface area contributed by atoms with Crippen LogP contribution in [0.1, 0.15) is 26.3 Å². The van der Waals surface area contributed by atoms with Crippen LogP contribution in [0.25, 0.3) is 6.08 Å². The van der Waals surface area contributed by atoms with E-state index in [0.717, 1.165) is 37.0 Å². The quantitative estimate of drug-likeness (QED) is 0.710. The Morgan fingerprint density at radius 2 is 2.00 bits per heavy atom. The lowest BCUT2D eigenvalue weighted by Crippen LogP contribution is -2.31. The summed E-state index contributed by atoms with van der Waals surface area (Å²) in [6, 6.07) is 7.42. The van der Waals surface area contributed by atoms with Gasteiger partial charge in [0.15, 0.2) is 0 Å². The first-order chi connectivity index (χ1) is 10.0. The van der Waals surface area contributed by atoms with Gasteiger partial charge in [0, 0.05) is 19.2 Å². The third kappa shape index (κ3) is 7.51. The van der Waals surface area contributed by atoms with Gasteiger partial charge in [-0.1, -0.05) is 32.9 Å². The normalized spacial score (nSPS) is 11.5. The molecule has 21 heavy (non-hydrogen) atoms. The summed E-state index contributed by atoms with van der Waals surface area (Å²) in [4.78, 5) is 12.8. The fourth-order valence-corrected chi connectivity index (χ4v) is 2.03. The van der Waals surface area contributed by atoms with Crippen LogP contribution in [0.5, 0.6) is 5.75 Å². The molecule has 0 aliphatic carbocycles. The Bertz CT molecular complexity index is 452. The zero-order valence-corrected chi connectivity index (χ0v) is 13.1. The van der Waals surface area contributed by atoms with Crippen LogP contribution in [0.4, 0.5) is 0 Å². The maximum atomic E-state index is 10.4. The van der Waals surface area contributed by atoms with Crippen LogP contribution >= 0.6 is 0 Å². The molecule has 0 saturated carbocycles. The van der Waals surface area contributed by atoms with Gasteiger partial charge in [0.2, 0.25) is 0 Å². The van der Waals surface area contributed by atoms with Gasteiger partial charge >= 0.3 is 5.97 Å². The van der Waals surface area contributed by atoms with Gasteiger partial charge in [0.1, 0.15) is 12.4 Å². The molecule has 0 heterocycles. The van der Waals surface area contributed by atoms with Gasteiger partial charge in [0.25, 0.3) is 0 Å². The van der Waals surface area contributed by atoms with Crippen molar-refractivity contribution in [2.45, 2.75) is 20.8 Å². The van der Waals surface area contributed by atoms with E-state index in [1.54, 1.807) is 6.08 Å². The molecule has 0 fully saturated rings. The van der Waals surface area contributed by atoms with Crippen molar-refractivity contribution in [3.05, 3.63) is 35.9 Å². The average molecular weight is 291 g/mol. The van der Waals surface area contributed by atoms with E-state index in [0.29, 0.717) is 12.5 Å². The van der Waals surface area contributed by atoms with Gasteiger partial charge in [0.05, 0.1) is 0 Å². The Labute approximate surface area is 127 Å². The largest absolute Gasteiger partial charge is 0.492 e. The Hall–Kier alpha value is -1.81. The Kier molecular flexibility index (Phi) is 7.54. The van der Waals surface area contributed by atoms with Gasteiger partial charge in [-0.25, -0.2) is 4.79 Å². The molecule has 1 aromatic carbocycles. The van der Waals surface area contributed by atoms with Crippen LogP contribution in [-0.4, -0.2) is 42.2 Å². The van der Waals surface area contributed by atoms with Crippen LogP contribution in [0, 0.1) is 5.92 Å². The fourth-order valence-electron chi connectivity index (χ4n) is 2.03. The van der Waals surface area contributed by atoms with Crippen molar-refractivity contribution >= 4 is 12.0 Å². The minimum Gasteiger partial charge on any atom is -0.492 e. The van der Waals surface area contributed by atoms with Crippen LogP contribution in [0.2, 0.25) is 0 Å². The molecule has 1 N–H and O–H groups in total. The van der Waals surface area contributed by atoms with Crippen LogP contribution < -0.4 is 4.74 Å². The molecule has 0 aliphatic heterocycles. The van der Waals surface area contributed by atoms with E-state index in [9.17, 15) is 4.79 Å². The lowest BCUT2D eigenvalue weighted by Gasteiger charge is -2.22. The van der Waals surface area contributed by atoms with Crippen LogP contribution in [0.15, 0.2) is 30.3 Å². The van der Waals surface area contributed by atoms with Crippen molar-refractivity contribution in [3.63, 3.8) is 0 Å². The molecule has 0 radical (unpaired) electrons. The van der Waals surface area contributed by atoms with E-state index < -0.39 is 5.97 Å². The fraction of sp³-hybridized carbons (Fsp3) is 0.471. The van der Waals surface area contributed by atoms with Crippen LogP contribution in [-0.2, 0) is 4.79 Å². The number of carbonyl (C=O) groups is 1. The van der Waals surface area contributed by atoms with Crippen molar-refractivity contribution in [2.75, 3.05) is 26.2 Å². The number of nitrogens with zero attached hydrogens (tertiary/aromatic N) is 1. The Morgan fingerprint density at radius 3 is 2.52 bits per heavy atom. The molecule has 0 amide bonds. The summed E-state index contributed by atoms with van der Waals surface area (Å²) in [5, 5.41) is 8.57. The van der Waals surface area contributed by atoms with Crippen molar-refractivity contribution in [1.82, 2.24) is 4.90 Å². The molecule has 0 atom stereocenters. The first-order valence-electron chi connectivity index (χ1n) is 7.37. The van der Waals surface area contributed by atoms with Crippen molar-refractivity contribution in [2.24, 2.45) is 5.92 Å². The standard InChI is InChI=1S/C17H25NO3/c1-4-18(13-14(2)3)11-12-21-16-8-5-15(6-9-16)7-10-17(19)20/h5-10,14H,4,11-13H2,1-3H3,(H,19,20). The molecular weight excluding hydrogens is 266 g/mol. The lowest BCUT2D eigenvalue weighted by molar-refractivity contribution is -0.131. The SMILES string of the molecule is CCN(CCOc1ccc(C=CC(=O)O)cc1)CC(C)C. The molecule has 0 bridgehead atoms. The van der Waals surface area contributed by atoms with E-state index >= 15 is 0 Å². The minimum atomic E-state index is -0.944. The first-order valence-corrected chi connectivity index (χ1v) is 7.37. The van der Waals surface area contributed by atoms with Gasteiger partial charge in [-0.05, 0) is 36.2 Å². The summed E-state index contributed by atoms with van der Waals surface area (Å²) in [5.41, 5.74) is 0.847.